The Labute approximate surface area is 98.9 Å². The molecule has 0 radical (unpaired) electrons. The number of benzene rings is 1. The third-order valence-corrected chi connectivity index (χ3v) is 2.51. The van der Waals surface area contributed by atoms with Gasteiger partial charge in [0.05, 0.1) is 17.5 Å². The van der Waals surface area contributed by atoms with Crippen LogP contribution >= 0.6 is 0 Å². The molecule has 90 valence electrons. The summed E-state index contributed by atoms with van der Waals surface area (Å²) in [4.78, 5) is 17.8. The van der Waals surface area contributed by atoms with Crippen LogP contribution in [0.5, 0.6) is 0 Å². The molecule has 2 rings (SSSR count). The summed E-state index contributed by atoms with van der Waals surface area (Å²) >= 11 is 0. The quantitative estimate of drug-likeness (QED) is 0.683. The van der Waals surface area contributed by atoms with E-state index in [1.807, 2.05) is 25.1 Å². The minimum absolute atomic E-state index is 0.144. The van der Waals surface area contributed by atoms with Crippen LogP contribution in [0.25, 0.3) is 11.0 Å². The van der Waals surface area contributed by atoms with Crippen LogP contribution in [0, 0.1) is 6.92 Å². The highest BCUT2D eigenvalue weighted by Crippen LogP contribution is 2.13. The molecule has 0 unspecified atom stereocenters. The molecule has 1 heterocycles. The van der Waals surface area contributed by atoms with Crippen molar-refractivity contribution in [2.45, 2.75) is 19.9 Å². The van der Waals surface area contributed by atoms with Gasteiger partial charge in [-0.05, 0) is 24.6 Å². The second kappa shape index (κ2) is 4.97. The molecule has 0 amide bonds. The molecule has 5 heteroatoms. The lowest BCUT2D eigenvalue weighted by Crippen LogP contribution is -2.17. The lowest BCUT2D eigenvalue weighted by atomic mass is 10.2. The fourth-order valence-electron chi connectivity index (χ4n) is 1.72. The standard InChI is InChI=1S/C12H15N3O2/c1-8-14-10-3-2-9(6-11(10)15-8)7-13-5-4-12(16)17/h2-3,6,13H,4-5,7H2,1H3,(H,14,15)(H,16,17). The number of hydrogen-bond donors (Lipinski definition) is 3. The normalized spacial score (nSPS) is 10.9. The van der Waals surface area contributed by atoms with Gasteiger partial charge in [-0.25, -0.2) is 4.98 Å². The SMILES string of the molecule is Cc1nc2ccc(CNCCC(=O)O)cc2[nH]1. The van der Waals surface area contributed by atoms with E-state index in [0.29, 0.717) is 13.1 Å². The van der Waals surface area contributed by atoms with Crippen molar-refractivity contribution >= 4 is 17.0 Å². The maximum Gasteiger partial charge on any atom is 0.304 e. The highest BCUT2D eigenvalue weighted by molar-refractivity contribution is 5.75. The third kappa shape index (κ3) is 3.04. The highest BCUT2D eigenvalue weighted by atomic mass is 16.4. The summed E-state index contributed by atoms with van der Waals surface area (Å²) in [5, 5.41) is 11.6. The Balaban J connectivity index is 1.96. The molecule has 17 heavy (non-hydrogen) atoms. The topological polar surface area (TPSA) is 78.0 Å². The third-order valence-electron chi connectivity index (χ3n) is 2.51. The van der Waals surface area contributed by atoms with Gasteiger partial charge in [-0.15, -0.1) is 0 Å². The van der Waals surface area contributed by atoms with Crippen molar-refractivity contribution in [1.29, 1.82) is 0 Å². The molecule has 0 spiro atoms. The van der Waals surface area contributed by atoms with Crippen molar-refractivity contribution < 1.29 is 9.90 Å². The van der Waals surface area contributed by atoms with Crippen LogP contribution in [0.2, 0.25) is 0 Å². The zero-order valence-electron chi connectivity index (χ0n) is 9.66. The number of carboxylic acids is 1. The molecule has 5 nitrogen and oxygen atoms in total. The number of H-pyrrole nitrogens is 1. The number of imidazole rings is 1. The van der Waals surface area contributed by atoms with E-state index in [1.54, 1.807) is 0 Å². The molecular formula is C12H15N3O2. The van der Waals surface area contributed by atoms with E-state index in [2.05, 4.69) is 15.3 Å². The summed E-state index contributed by atoms with van der Waals surface area (Å²) in [7, 11) is 0. The van der Waals surface area contributed by atoms with Gasteiger partial charge in [-0.3, -0.25) is 4.79 Å². The maximum absolute atomic E-state index is 10.3. The molecule has 0 fully saturated rings. The molecule has 0 saturated carbocycles. The van der Waals surface area contributed by atoms with E-state index in [0.717, 1.165) is 22.4 Å². The molecule has 0 bridgehead atoms. The van der Waals surface area contributed by atoms with Gasteiger partial charge in [0, 0.05) is 13.1 Å². The van der Waals surface area contributed by atoms with Crippen LogP contribution in [-0.4, -0.2) is 27.6 Å². The average Bonchev–Trinajstić information content (AvgIpc) is 2.63. The first-order chi connectivity index (χ1) is 8.15. The van der Waals surface area contributed by atoms with Crippen LogP contribution in [0.3, 0.4) is 0 Å². The Morgan fingerprint density at radius 3 is 3.12 bits per heavy atom. The number of fused-ring (bicyclic) bond motifs is 1. The predicted molar refractivity (Wildman–Crippen MR) is 64.8 cm³/mol. The number of carbonyl (C=O) groups is 1. The fraction of sp³-hybridized carbons (Fsp3) is 0.333. The zero-order valence-corrected chi connectivity index (χ0v) is 9.66. The average molecular weight is 233 g/mol. The van der Waals surface area contributed by atoms with Crippen molar-refractivity contribution in [3.8, 4) is 0 Å². The van der Waals surface area contributed by atoms with Gasteiger partial charge in [-0.2, -0.15) is 0 Å². The Morgan fingerprint density at radius 1 is 1.53 bits per heavy atom. The number of nitrogens with one attached hydrogen (secondary N) is 2. The van der Waals surface area contributed by atoms with Gasteiger partial charge in [0.25, 0.3) is 0 Å². The number of nitrogens with zero attached hydrogens (tertiary/aromatic N) is 1. The van der Waals surface area contributed by atoms with E-state index in [-0.39, 0.29) is 6.42 Å². The first-order valence-electron chi connectivity index (χ1n) is 5.53. The number of aryl methyl sites for hydroxylation is 1. The monoisotopic (exact) mass is 233 g/mol. The maximum atomic E-state index is 10.3. The minimum atomic E-state index is -0.780. The van der Waals surface area contributed by atoms with Crippen molar-refractivity contribution in [3.05, 3.63) is 29.6 Å². The van der Waals surface area contributed by atoms with E-state index in [1.165, 1.54) is 0 Å². The Hall–Kier alpha value is -1.88. The van der Waals surface area contributed by atoms with E-state index < -0.39 is 5.97 Å². The molecule has 0 aliphatic carbocycles. The first kappa shape index (κ1) is 11.6. The predicted octanol–water partition coefficient (Wildman–Crippen LogP) is 1.44. The largest absolute Gasteiger partial charge is 0.481 e. The van der Waals surface area contributed by atoms with Crippen LogP contribution in [0.15, 0.2) is 18.2 Å². The molecule has 0 saturated heterocycles. The Kier molecular flexibility index (Phi) is 3.39. The van der Waals surface area contributed by atoms with E-state index >= 15 is 0 Å². The fourth-order valence-corrected chi connectivity index (χ4v) is 1.72. The Bertz CT molecular complexity index is 534. The summed E-state index contributed by atoms with van der Waals surface area (Å²) in [6.45, 7) is 3.07. The summed E-state index contributed by atoms with van der Waals surface area (Å²) in [5.41, 5.74) is 3.09. The van der Waals surface area contributed by atoms with Gasteiger partial charge in [0.15, 0.2) is 0 Å². The molecule has 0 aliphatic heterocycles. The van der Waals surface area contributed by atoms with Crippen molar-refractivity contribution in [2.75, 3.05) is 6.54 Å². The number of hydrogen-bond acceptors (Lipinski definition) is 3. The Morgan fingerprint density at radius 2 is 2.35 bits per heavy atom. The van der Waals surface area contributed by atoms with Gasteiger partial charge in [0.2, 0.25) is 0 Å². The minimum Gasteiger partial charge on any atom is -0.481 e. The number of carboxylic acid groups (broad SMARTS) is 1. The number of rotatable bonds is 5. The van der Waals surface area contributed by atoms with Gasteiger partial charge in [0.1, 0.15) is 5.82 Å². The van der Waals surface area contributed by atoms with E-state index in [9.17, 15) is 4.79 Å². The molecule has 3 N–H and O–H groups in total. The summed E-state index contributed by atoms with van der Waals surface area (Å²) < 4.78 is 0. The van der Waals surface area contributed by atoms with Crippen LogP contribution in [0.1, 0.15) is 17.8 Å². The molecule has 0 atom stereocenters. The highest BCUT2D eigenvalue weighted by Gasteiger charge is 2.01. The van der Waals surface area contributed by atoms with Crippen molar-refractivity contribution in [2.24, 2.45) is 0 Å². The number of aromatic nitrogens is 2. The van der Waals surface area contributed by atoms with Crippen LogP contribution in [0.4, 0.5) is 0 Å². The van der Waals surface area contributed by atoms with Crippen molar-refractivity contribution in [1.82, 2.24) is 15.3 Å². The number of aromatic amines is 1. The number of aliphatic carboxylic acids is 1. The first-order valence-corrected chi connectivity index (χ1v) is 5.53. The van der Waals surface area contributed by atoms with Crippen molar-refractivity contribution in [3.63, 3.8) is 0 Å². The van der Waals surface area contributed by atoms with E-state index in [4.69, 9.17) is 5.11 Å². The summed E-state index contributed by atoms with van der Waals surface area (Å²) in [5.74, 6) is 0.119. The van der Waals surface area contributed by atoms with Crippen LogP contribution < -0.4 is 5.32 Å². The lowest BCUT2D eigenvalue weighted by Gasteiger charge is -2.03. The van der Waals surface area contributed by atoms with Crippen LogP contribution in [-0.2, 0) is 11.3 Å². The smallest absolute Gasteiger partial charge is 0.304 e. The second-order valence-corrected chi connectivity index (χ2v) is 3.99. The molecule has 0 aliphatic rings. The molecular weight excluding hydrogens is 218 g/mol. The van der Waals surface area contributed by atoms with Gasteiger partial charge < -0.3 is 15.4 Å². The zero-order chi connectivity index (χ0) is 12.3. The summed E-state index contributed by atoms with van der Waals surface area (Å²) in [6.07, 6.45) is 0.144. The lowest BCUT2D eigenvalue weighted by molar-refractivity contribution is -0.136. The molecule has 1 aromatic heterocycles. The summed E-state index contributed by atoms with van der Waals surface area (Å²) in [6, 6.07) is 5.99. The second-order valence-electron chi connectivity index (χ2n) is 3.99. The van der Waals surface area contributed by atoms with Gasteiger partial charge >= 0.3 is 5.97 Å². The van der Waals surface area contributed by atoms with Gasteiger partial charge in [-0.1, -0.05) is 6.07 Å². The molecule has 1 aromatic carbocycles. The molecule has 2 aromatic rings.